The number of anilines is 1. The molecule has 1 amide bonds. The molecular formula is C23H20N2O2S2. The number of methoxy groups -OCH3 is 1. The molecule has 6 heteroatoms. The maximum absolute atomic E-state index is 12.3. The van der Waals surface area contributed by atoms with E-state index in [1.54, 1.807) is 30.2 Å². The number of benzene rings is 3. The SMILES string of the molecule is COc1ccc(SCCC(=O)Nc2cccc(-c3nc4ccccc4s3)c2)cc1. The molecule has 4 aromatic rings. The van der Waals surface area contributed by atoms with Crippen molar-refractivity contribution < 1.29 is 9.53 Å². The van der Waals surface area contributed by atoms with Crippen LogP contribution in [0.25, 0.3) is 20.8 Å². The Kier molecular flexibility index (Phi) is 6.12. The Morgan fingerprint density at radius 1 is 1.07 bits per heavy atom. The summed E-state index contributed by atoms with van der Waals surface area (Å²) < 4.78 is 6.32. The molecule has 0 fully saturated rings. The third-order valence-electron chi connectivity index (χ3n) is 4.34. The van der Waals surface area contributed by atoms with Crippen LogP contribution in [0.5, 0.6) is 5.75 Å². The molecule has 0 spiro atoms. The van der Waals surface area contributed by atoms with Crippen molar-refractivity contribution in [1.29, 1.82) is 0 Å². The van der Waals surface area contributed by atoms with E-state index in [2.05, 4.69) is 11.4 Å². The molecule has 1 N–H and O–H groups in total. The maximum Gasteiger partial charge on any atom is 0.225 e. The second-order valence-electron chi connectivity index (χ2n) is 6.39. The smallest absolute Gasteiger partial charge is 0.225 e. The van der Waals surface area contributed by atoms with E-state index in [1.807, 2.05) is 66.7 Å². The summed E-state index contributed by atoms with van der Waals surface area (Å²) in [5.41, 5.74) is 2.80. The highest BCUT2D eigenvalue weighted by Crippen LogP contribution is 2.31. The number of amides is 1. The topological polar surface area (TPSA) is 51.2 Å². The molecule has 0 bridgehead atoms. The van der Waals surface area contributed by atoms with Gasteiger partial charge in [0, 0.05) is 28.3 Å². The summed E-state index contributed by atoms with van der Waals surface area (Å²) in [6.07, 6.45) is 0.446. The fraction of sp³-hybridized carbons (Fsp3) is 0.130. The lowest BCUT2D eigenvalue weighted by Gasteiger charge is -2.07. The van der Waals surface area contributed by atoms with Gasteiger partial charge in [0.15, 0.2) is 0 Å². The number of carbonyl (C=O) groups excluding carboxylic acids is 1. The number of nitrogens with one attached hydrogen (secondary N) is 1. The van der Waals surface area contributed by atoms with E-state index in [9.17, 15) is 4.79 Å². The van der Waals surface area contributed by atoms with Crippen LogP contribution < -0.4 is 10.1 Å². The van der Waals surface area contributed by atoms with Gasteiger partial charge in [-0.25, -0.2) is 4.98 Å². The average molecular weight is 421 g/mol. The van der Waals surface area contributed by atoms with Gasteiger partial charge < -0.3 is 10.1 Å². The molecular weight excluding hydrogens is 400 g/mol. The van der Waals surface area contributed by atoms with Gasteiger partial charge in [-0.2, -0.15) is 0 Å². The van der Waals surface area contributed by atoms with Crippen LogP contribution in [0.4, 0.5) is 5.69 Å². The highest BCUT2D eigenvalue weighted by Gasteiger charge is 2.08. The Morgan fingerprint density at radius 2 is 1.90 bits per heavy atom. The maximum atomic E-state index is 12.3. The third kappa shape index (κ3) is 4.96. The highest BCUT2D eigenvalue weighted by atomic mass is 32.2. The van der Waals surface area contributed by atoms with E-state index in [4.69, 9.17) is 9.72 Å². The Balaban J connectivity index is 1.35. The molecule has 0 aliphatic rings. The van der Waals surface area contributed by atoms with Gasteiger partial charge in [-0.05, 0) is 48.5 Å². The van der Waals surface area contributed by atoms with Crippen molar-refractivity contribution in [1.82, 2.24) is 4.98 Å². The molecule has 1 aromatic heterocycles. The number of hydrogen-bond donors (Lipinski definition) is 1. The quantitative estimate of drug-likeness (QED) is 0.367. The summed E-state index contributed by atoms with van der Waals surface area (Å²) in [6.45, 7) is 0. The largest absolute Gasteiger partial charge is 0.497 e. The number of aromatic nitrogens is 1. The molecule has 4 rings (SSSR count). The van der Waals surface area contributed by atoms with E-state index in [0.717, 1.165) is 42.9 Å². The van der Waals surface area contributed by atoms with Crippen LogP contribution in [0.3, 0.4) is 0 Å². The standard InChI is InChI=1S/C23H20N2O2S2/c1-27-18-9-11-19(12-10-18)28-14-13-22(26)24-17-6-4-5-16(15-17)23-25-20-7-2-3-8-21(20)29-23/h2-12,15H,13-14H2,1H3,(H,24,26). The van der Waals surface area contributed by atoms with Gasteiger partial charge in [-0.3, -0.25) is 4.79 Å². The highest BCUT2D eigenvalue weighted by molar-refractivity contribution is 7.99. The zero-order chi connectivity index (χ0) is 20.1. The predicted molar refractivity (Wildman–Crippen MR) is 122 cm³/mol. The zero-order valence-electron chi connectivity index (χ0n) is 15.9. The minimum atomic E-state index is 0.00691. The third-order valence-corrected chi connectivity index (χ3v) is 6.44. The van der Waals surface area contributed by atoms with Crippen molar-refractivity contribution in [2.24, 2.45) is 0 Å². The van der Waals surface area contributed by atoms with Gasteiger partial charge >= 0.3 is 0 Å². The molecule has 1 heterocycles. The van der Waals surface area contributed by atoms with Crippen LogP contribution in [0, 0.1) is 0 Å². The Morgan fingerprint density at radius 3 is 2.69 bits per heavy atom. The summed E-state index contributed by atoms with van der Waals surface area (Å²) >= 11 is 3.31. The van der Waals surface area contributed by atoms with E-state index in [0.29, 0.717) is 6.42 Å². The lowest BCUT2D eigenvalue weighted by molar-refractivity contribution is -0.115. The minimum Gasteiger partial charge on any atom is -0.497 e. The second-order valence-corrected chi connectivity index (χ2v) is 8.59. The average Bonchev–Trinajstić information content (AvgIpc) is 3.19. The predicted octanol–water partition coefficient (Wildman–Crippen LogP) is 6.09. The molecule has 146 valence electrons. The van der Waals surface area contributed by atoms with Crippen LogP contribution >= 0.6 is 23.1 Å². The fourth-order valence-corrected chi connectivity index (χ4v) is 4.70. The molecule has 0 radical (unpaired) electrons. The molecule has 29 heavy (non-hydrogen) atoms. The van der Waals surface area contributed by atoms with Crippen LogP contribution in [-0.4, -0.2) is 23.8 Å². The van der Waals surface area contributed by atoms with Gasteiger partial charge in [0.25, 0.3) is 0 Å². The summed E-state index contributed by atoms with van der Waals surface area (Å²) in [4.78, 5) is 18.1. The van der Waals surface area contributed by atoms with Crippen LogP contribution in [-0.2, 0) is 4.79 Å². The molecule has 0 aliphatic heterocycles. The van der Waals surface area contributed by atoms with Crippen LogP contribution in [0.2, 0.25) is 0 Å². The Labute approximate surface area is 177 Å². The Bertz CT molecular complexity index is 1090. The van der Waals surface area contributed by atoms with Crippen molar-refractivity contribution in [3.05, 3.63) is 72.8 Å². The van der Waals surface area contributed by atoms with Crippen molar-refractivity contribution >= 4 is 44.9 Å². The van der Waals surface area contributed by atoms with E-state index >= 15 is 0 Å². The number of hydrogen-bond acceptors (Lipinski definition) is 5. The Hall–Kier alpha value is -2.83. The van der Waals surface area contributed by atoms with Gasteiger partial charge in [-0.15, -0.1) is 23.1 Å². The number of ether oxygens (including phenoxy) is 1. The number of carbonyl (C=O) groups is 1. The monoisotopic (exact) mass is 420 g/mol. The number of rotatable bonds is 7. The molecule has 0 saturated carbocycles. The number of nitrogens with zero attached hydrogens (tertiary/aromatic N) is 1. The van der Waals surface area contributed by atoms with E-state index in [1.165, 1.54) is 0 Å². The lowest BCUT2D eigenvalue weighted by Crippen LogP contribution is -2.12. The van der Waals surface area contributed by atoms with E-state index < -0.39 is 0 Å². The lowest BCUT2D eigenvalue weighted by atomic mass is 10.2. The first-order valence-corrected chi connectivity index (χ1v) is 11.0. The van der Waals surface area contributed by atoms with Gasteiger partial charge in [0.05, 0.1) is 17.3 Å². The number of para-hydroxylation sites is 1. The molecule has 0 aliphatic carbocycles. The molecule has 0 saturated heterocycles. The first-order valence-electron chi connectivity index (χ1n) is 9.24. The van der Waals surface area contributed by atoms with Gasteiger partial charge in [-0.1, -0.05) is 24.3 Å². The first kappa shape index (κ1) is 19.5. The number of fused-ring (bicyclic) bond motifs is 1. The van der Waals surface area contributed by atoms with E-state index in [-0.39, 0.29) is 5.91 Å². The summed E-state index contributed by atoms with van der Waals surface area (Å²) in [5, 5.41) is 3.95. The second kappa shape index (κ2) is 9.11. The fourth-order valence-electron chi connectivity index (χ4n) is 2.88. The number of thiazole rings is 1. The van der Waals surface area contributed by atoms with Crippen molar-refractivity contribution in [3.63, 3.8) is 0 Å². The molecule has 4 nitrogen and oxygen atoms in total. The molecule has 3 aromatic carbocycles. The van der Waals surface area contributed by atoms with Crippen molar-refractivity contribution in [2.45, 2.75) is 11.3 Å². The number of thioether (sulfide) groups is 1. The van der Waals surface area contributed by atoms with Crippen LogP contribution in [0.15, 0.2) is 77.7 Å². The zero-order valence-corrected chi connectivity index (χ0v) is 17.6. The summed E-state index contributed by atoms with van der Waals surface area (Å²) in [5.74, 6) is 1.56. The van der Waals surface area contributed by atoms with Crippen molar-refractivity contribution in [3.8, 4) is 16.3 Å². The van der Waals surface area contributed by atoms with Gasteiger partial charge in [0.1, 0.15) is 10.8 Å². The summed E-state index contributed by atoms with van der Waals surface area (Å²) in [7, 11) is 1.65. The summed E-state index contributed by atoms with van der Waals surface area (Å²) in [6, 6.07) is 23.8. The van der Waals surface area contributed by atoms with Crippen molar-refractivity contribution in [2.75, 3.05) is 18.2 Å². The molecule has 0 atom stereocenters. The van der Waals surface area contributed by atoms with Crippen LogP contribution in [0.1, 0.15) is 6.42 Å². The minimum absolute atomic E-state index is 0.00691. The normalized spacial score (nSPS) is 10.8. The van der Waals surface area contributed by atoms with Gasteiger partial charge in [0.2, 0.25) is 5.91 Å². The molecule has 0 unspecified atom stereocenters. The first-order chi connectivity index (χ1) is 14.2.